The number of aromatic hydroxyl groups is 1. The van der Waals surface area contributed by atoms with Crippen molar-refractivity contribution >= 4 is 39.4 Å². The minimum Gasteiger partial charge on any atom is -0.506 e. The number of fused-ring (bicyclic) bond motifs is 1. The second-order valence-electron chi connectivity index (χ2n) is 8.43. The van der Waals surface area contributed by atoms with Crippen molar-refractivity contribution < 1.29 is 29.7 Å². The Morgan fingerprint density at radius 3 is 2.23 bits per heavy atom. The lowest BCUT2D eigenvalue weighted by Crippen LogP contribution is -2.36. The van der Waals surface area contributed by atoms with Crippen molar-refractivity contribution in [2.24, 2.45) is 0 Å². The first-order chi connectivity index (χ1) is 16.1. The number of carboxylic acid groups (broad SMARTS) is 2. The van der Waals surface area contributed by atoms with Gasteiger partial charge < -0.3 is 25.5 Å². The van der Waals surface area contributed by atoms with E-state index in [1.807, 2.05) is 19.2 Å². The molecule has 0 atom stereocenters. The third-order valence-electron chi connectivity index (χ3n) is 5.47. The zero-order chi connectivity index (χ0) is 25.3. The standard InChI is InChI=1S/C19H27N3O3S.C4H6O4.CH4/c1-13(2)22-18(25)15(16(23)14-7-12-26-19(14)22)17(24)20-8-6-11-21-9-4-3-5-10-21;5-3(6)1-2-4(7)8;/h7,12-13,23H,3-6,8-11H2,1-2H3,(H,20,24);1-2H2,(H,5,6)(H,7,8);1H4. The quantitative estimate of drug-likeness (QED) is 0.374. The number of thiophene rings is 1. The lowest BCUT2D eigenvalue weighted by Gasteiger charge is -2.26. The maximum atomic E-state index is 12.8. The fraction of sp³-hybridized carbons (Fsp3) is 0.583. The molecule has 10 nitrogen and oxygen atoms in total. The highest BCUT2D eigenvalue weighted by Crippen LogP contribution is 2.31. The molecule has 0 aromatic carbocycles. The molecule has 1 saturated heterocycles. The highest BCUT2D eigenvalue weighted by atomic mass is 32.1. The summed E-state index contributed by atoms with van der Waals surface area (Å²) >= 11 is 1.39. The van der Waals surface area contributed by atoms with E-state index < -0.39 is 23.4 Å². The first kappa shape index (κ1) is 30.1. The van der Waals surface area contributed by atoms with Crippen molar-refractivity contribution in [3.63, 3.8) is 0 Å². The van der Waals surface area contributed by atoms with E-state index in [1.165, 1.54) is 30.6 Å². The second kappa shape index (κ2) is 14.5. The molecule has 0 aliphatic carbocycles. The van der Waals surface area contributed by atoms with Crippen LogP contribution in [0, 0.1) is 0 Å². The molecule has 0 bridgehead atoms. The number of carboxylic acids is 2. The minimum absolute atomic E-state index is 0. The molecule has 1 fully saturated rings. The number of hydrogen-bond acceptors (Lipinski definition) is 7. The van der Waals surface area contributed by atoms with E-state index in [0.717, 1.165) is 26.1 Å². The third-order valence-corrected chi connectivity index (χ3v) is 6.38. The largest absolute Gasteiger partial charge is 0.506 e. The van der Waals surface area contributed by atoms with Crippen LogP contribution in [0.5, 0.6) is 5.75 Å². The van der Waals surface area contributed by atoms with Gasteiger partial charge in [-0.25, -0.2) is 0 Å². The molecule has 1 aliphatic heterocycles. The first-order valence-electron chi connectivity index (χ1n) is 11.4. The number of piperidine rings is 1. The fourth-order valence-electron chi connectivity index (χ4n) is 3.78. The summed E-state index contributed by atoms with van der Waals surface area (Å²) in [5.41, 5.74) is -0.580. The van der Waals surface area contributed by atoms with E-state index in [2.05, 4.69) is 10.2 Å². The molecule has 196 valence electrons. The average Bonchev–Trinajstić information content (AvgIpc) is 3.26. The number of rotatable bonds is 9. The molecule has 0 unspecified atom stereocenters. The fourth-order valence-corrected chi connectivity index (χ4v) is 4.81. The normalized spacial score (nSPS) is 13.6. The van der Waals surface area contributed by atoms with Crippen LogP contribution in [-0.4, -0.2) is 68.8 Å². The van der Waals surface area contributed by atoms with Crippen LogP contribution >= 0.6 is 11.3 Å². The molecule has 0 spiro atoms. The Morgan fingerprint density at radius 2 is 1.69 bits per heavy atom. The lowest BCUT2D eigenvalue weighted by molar-refractivity contribution is -0.143. The van der Waals surface area contributed by atoms with Gasteiger partial charge in [-0.15, -0.1) is 11.3 Å². The second-order valence-corrected chi connectivity index (χ2v) is 9.33. The average molecular weight is 512 g/mol. The summed E-state index contributed by atoms with van der Waals surface area (Å²) in [6.45, 7) is 7.50. The Labute approximate surface area is 209 Å². The van der Waals surface area contributed by atoms with Crippen molar-refractivity contribution in [1.82, 2.24) is 14.8 Å². The van der Waals surface area contributed by atoms with Gasteiger partial charge >= 0.3 is 11.9 Å². The highest BCUT2D eigenvalue weighted by Gasteiger charge is 2.23. The molecular weight excluding hydrogens is 474 g/mol. The monoisotopic (exact) mass is 511 g/mol. The van der Waals surface area contributed by atoms with Crippen LogP contribution in [0.3, 0.4) is 0 Å². The third kappa shape index (κ3) is 8.66. The molecule has 0 radical (unpaired) electrons. The molecule has 2 aromatic heterocycles. The van der Waals surface area contributed by atoms with Gasteiger partial charge in [0.1, 0.15) is 16.1 Å². The zero-order valence-electron chi connectivity index (χ0n) is 19.6. The smallest absolute Gasteiger partial charge is 0.303 e. The van der Waals surface area contributed by atoms with E-state index in [4.69, 9.17) is 10.2 Å². The zero-order valence-corrected chi connectivity index (χ0v) is 20.4. The first-order valence-corrected chi connectivity index (χ1v) is 12.3. The summed E-state index contributed by atoms with van der Waals surface area (Å²) in [4.78, 5) is 47.8. The minimum atomic E-state index is -1.08. The molecular formula is C24H37N3O7S. The molecule has 1 amide bonds. The van der Waals surface area contributed by atoms with Crippen LogP contribution in [0.2, 0.25) is 0 Å². The Bertz CT molecular complexity index is 1040. The van der Waals surface area contributed by atoms with E-state index in [1.54, 1.807) is 10.6 Å². The number of aromatic nitrogens is 1. The van der Waals surface area contributed by atoms with Gasteiger partial charge in [0.25, 0.3) is 11.5 Å². The van der Waals surface area contributed by atoms with Gasteiger partial charge in [0.2, 0.25) is 0 Å². The molecule has 3 rings (SSSR count). The number of carbonyl (C=O) groups is 3. The summed E-state index contributed by atoms with van der Waals surface area (Å²) in [6, 6.07) is 1.66. The van der Waals surface area contributed by atoms with Crippen molar-refractivity contribution in [2.75, 3.05) is 26.2 Å². The van der Waals surface area contributed by atoms with E-state index in [0.29, 0.717) is 16.8 Å². The van der Waals surface area contributed by atoms with Gasteiger partial charge in [-0.05, 0) is 64.2 Å². The maximum absolute atomic E-state index is 12.8. The van der Waals surface area contributed by atoms with Crippen LogP contribution in [0.1, 0.15) is 76.2 Å². The number of nitrogens with one attached hydrogen (secondary N) is 1. The summed E-state index contributed by atoms with van der Waals surface area (Å²) in [7, 11) is 0. The number of nitrogens with zero attached hydrogens (tertiary/aromatic N) is 2. The van der Waals surface area contributed by atoms with E-state index >= 15 is 0 Å². The van der Waals surface area contributed by atoms with Gasteiger partial charge in [-0.2, -0.15) is 0 Å². The van der Waals surface area contributed by atoms with E-state index in [9.17, 15) is 24.3 Å². The lowest BCUT2D eigenvalue weighted by atomic mass is 10.1. The Kier molecular flexibility index (Phi) is 12.5. The van der Waals surface area contributed by atoms with Crippen molar-refractivity contribution in [3.8, 4) is 5.75 Å². The Hall–Kier alpha value is -2.92. The van der Waals surface area contributed by atoms with Gasteiger partial charge in [0.15, 0.2) is 0 Å². The van der Waals surface area contributed by atoms with Crippen LogP contribution in [-0.2, 0) is 9.59 Å². The van der Waals surface area contributed by atoms with Crippen LogP contribution in [0.15, 0.2) is 16.2 Å². The van der Waals surface area contributed by atoms with Crippen molar-refractivity contribution in [3.05, 3.63) is 27.4 Å². The van der Waals surface area contributed by atoms with Gasteiger partial charge in [0.05, 0.1) is 18.2 Å². The Balaban J connectivity index is 0.000000590. The van der Waals surface area contributed by atoms with Gasteiger partial charge in [0, 0.05) is 12.6 Å². The number of hydrogen-bond donors (Lipinski definition) is 4. The maximum Gasteiger partial charge on any atom is 0.303 e. The summed E-state index contributed by atoms with van der Waals surface area (Å²) < 4.78 is 1.59. The molecule has 4 N–H and O–H groups in total. The topological polar surface area (TPSA) is 149 Å². The van der Waals surface area contributed by atoms with Gasteiger partial charge in [-0.1, -0.05) is 13.8 Å². The number of pyridine rings is 1. The van der Waals surface area contributed by atoms with Crippen LogP contribution in [0.25, 0.3) is 10.2 Å². The highest BCUT2D eigenvalue weighted by molar-refractivity contribution is 7.16. The Morgan fingerprint density at radius 1 is 1.09 bits per heavy atom. The molecule has 0 saturated carbocycles. The number of carbonyl (C=O) groups excluding carboxylic acids is 1. The SMILES string of the molecule is C.CC(C)n1c(=O)c(C(=O)NCCCN2CCCCC2)c(O)c2ccsc21.O=C(O)CCC(=O)O. The molecule has 3 heterocycles. The summed E-state index contributed by atoms with van der Waals surface area (Å²) in [6.07, 6.45) is 4.04. The molecule has 2 aromatic rings. The van der Waals surface area contributed by atoms with Crippen molar-refractivity contribution in [1.29, 1.82) is 0 Å². The van der Waals surface area contributed by atoms with E-state index in [-0.39, 0.29) is 37.6 Å². The molecule has 35 heavy (non-hydrogen) atoms. The van der Waals surface area contributed by atoms with Crippen LogP contribution < -0.4 is 10.9 Å². The van der Waals surface area contributed by atoms with Crippen molar-refractivity contribution in [2.45, 2.75) is 65.8 Å². The number of aliphatic carboxylic acids is 2. The predicted molar refractivity (Wildman–Crippen MR) is 137 cm³/mol. The predicted octanol–water partition coefficient (Wildman–Crippen LogP) is 3.53. The molecule has 1 aliphatic rings. The summed E-state index contributed by atoms with van der Waals surface area (Å²) in [5.74, 6) is -2.86. The summed E-state index contributed by atoms with van der Waals surface area (Å²) in [5, 5.41) is 31.5. The number of amides is 1. The van der Waals surface area contributed by atoms with Crippen LogP contribution in [0.4, 0.5) is 0 Å². The number of likely N-dealkylation sites (tertiary alicyclic amines) is 1. The molecule has 11 heteroatoms. The van der Waals surface area contributed by atoms with Gasteiger partial charge in [-0.3, -0.25) is 23.7 Å².